The van der Waals surface area contributed by atoms with E-state index in [-0.39, 0.29) is 16.9 Å². The van der Waals surface area contributed by atoms with Gasteiger partial charge in [0.25, 0.3) is 17.5 Å². The van der Waals surface area contributed by atoms with Crippen LogP contribution in [0.5, 0.6) is 0 Å². The zero-order valence-electron chi connectivity index (χ0n) is 16.5. The van der Waals surface area contributed by atoms with E-state index in [1.165, 1.54) is 30.5 Å². The number of nitrogens with one attached hydrogen (secondary N) is 2. The molecule has 0 fully saturated rings. The number of hydrogen-bond donors (Lipinski definition) is 2. The van der Waals surface area contributed by atoms with Gasteiger partial charge in [-0.3, -0.25) is 24.7 Å². The zero-order valence-corrected chi connectivity index (χ0v) is 16.5. The first kappa shape index (κ1) is 20.7. The Bertz CT molecular complexity index is 1080. The fourth-order valence-electron chi connectivity index (χ4n) is 3.09. The maximum atomic E-state index is 13.2. The van der Waals surface area contributed by atoms with Crippen molar-refractivity contribution in [3.05, 3.63) is 99.4 Å². The minimum absolute atomic E-state index is 0.0792. The molecule has 8 heteroatoms. The van der Waals surface area contributed by atoms with Crippen molar-refractivity contribution in [1.29, 1.82) is 0 Å². The van der Waals surface area contributed by atoms with Crippen LogP contribution < -0.4 is 10.6 Å². The molecule has 0 aliphatic carbocycles. The first-order valence-electron chi connectivity index (χ1n) is 9.20. The summed E-state index contributed by atoms with van der Waals surface area (Å²) in [6.07, 6.45) is 1.45. The topological polar surface area (TPSA) is 114 Å². The number of benzene rings is 2. The molecule has 3 rings (SSSR count). The highest BCUT2D eigenvalue weighted by Gasteiger charge is 2.30. The Labute approximate surface area is 173 Å². The van der Waals surface area contributed by atoms with Gasteiger partial charge in [0.15, 0.2) is 0 Å². The van der Waals surface area contributed by atoms with E-state index in [9.17, 15) is 19.7 Å². The Balaban J connectivity index is 2.00. The molecule has 0 unspecified atom stereocenters. The lowest BCUT2D eigenvalue weighted by atomic mass is 10.0. The molecule has 2 amide bonds. The molecule has 0 radical (unpaired) electrons. The van der Waals surface area contributed by atoms with Gasteiger partial charge in [-0.1, -0.05) is 36.4 Å². The number of aromatic nitrogens is 1. The van der Waals surface area contributed by atoms with Gasteiger partial charge in [0.2, 0.25) is 0 Å². The van der Waals surface area contributed by atoms with Crippen molar-refractivity contribution in [2.24, 2.45) is 0 Å². The summed E-state index contributed by atoms with van der Waals surface area (Å²) in [5, 5.41) is 16.9. The van der Waals surface area contributed by atoms with Crippen molar-refractivity contribution in [2.75, 3.05) is 5.32 Å². The van der Waals surface area contributed by atoms with Crippen molar-refractivity contribution in [3.8, 4) is 0 Å². The number of rotatable bonds is 6. The van der Waals surface area contributed by atoms with E-state index in [0.29, 0.717) is 5.69 Å². The fraction of sp³-hybridized carbons (Fsp3) is 0.136. The third kappa shape index (κ3) is 4.49. The summed E-state index contributed by atoms with van der Waals surface area (Å²) < 4.78 is 0. The van der Waals surface area contributed by atoms with Crippen molar-refractivity contribution in [1.82, 2.24) is 10.3 Å². The number of nitro benzene ring substituents is 1. The van der Waals surface area contributed by atoms with Crippen LogP contribution in [0.25, 0.3) is 0 Å². The third-order valence-corrected chi connectivity index (χ3v) is 4.61. The van der Waals surface area contributed by atoms with E-state index in [2.05, 4.69) is 15.6 Å². The van der Waals surface area contributed by atoms with Gasteiger partial charge in [-0.15, -0.1) is 0 Å². The monoisotopic (exact) mass is 404 g/mol. The lowest BCUT2D eigenvalue weighted by Gasteiger charge is -2.20. The van der Waals surface area contributed by atoms with Crippen LogP contribution in [-0.4, -0.2) is 21.7 Å². The molecular weight excluding hydrogens is 384 g/mol. The summed E-state index contributed by atoms with van der Waals surface area (Å²) in [4.78, 5) is 40.8. The molecule has 0 aliphatic heterocycles. The molecule has 30 heavy (non-hydrogen) atoms. The highest BCUT2D eigenvalue weighted by Crippen LogP contribution is 2.28. The van der Waals surface area contributed by atoms with Crippen LogP contribution in [0.15, 0.2) is 66.9 Å². The SMILES string of the molecule is Cc1cccc(C)c1NC(=O)[C@@H](NC(=O)c1ccccn1)c1ccccc1[N+](=O)[O-]. The molecule has 0 saturated carbocycles. The number of carbonyl (C=O) groups excluding carboxylic acids is 2. The average Bonchev–Trinajstić information content (AvgIpc) is 2.75. The molecule has 152 valence electrons. The van der Waals surface area contributed by atoms with Crippen molar-refractivity contribution < 1.29 is 14.5 Å². The summed E-state index contributed by atoms with van der Waals surface area (Å²) >= 11 is 0. The highest BCUT2D eigenvalue weighted by molar-refractivity contribution is 6.02. The van der Waals surface area contributed by atoms with Crippen molar-refractivity contribution in [3.63, 3.8) is 0 Å². The van der Waals surface area contributed by atoms with Crippen LogP contribution in [0.4, 0.5) is 11.4 Å². The predicted octanol–water partition coefficient (Wildman–Crippen LogP) is 3.72. The van der Waals surface area contributed by atoms with Crippen molar-refractivity contribution >= 4 is 23.2 Å². The molecule has 1 heterocycles. The summed E-state index contributed by atoms with van der Waals surface area (Å²) in [7, 11) is 0. The lowest BCUT2D eigenvalue weighted by molar-refractivity contribution is -0.385. The van der Waals surface area contributed by atoms with Crippen LogP contribution in [0.2, 0.25) is 0 Å². The molecule has 0 bridgehead atoms. The average molecular weight is 404 g/mol. The predicted molar refractivity (Wildman–Crippen MR) is 112 cm³/mol. The van der Waals surface area contributed by atoms with Crippen LogP contribution in [0.1, 0.15) is 33.2 Å². The van der Waals surface area contributed by atoms with E-state index in [0.717, 1.165) is 11.1 Å². The Hall–Kier alpha value is -4.07. The molecule has 8 nitrogen and oxygen atoms in total. The second kappa shape index (κ2) is 8.95. The first-order chi connectivity index (χ1) is 14.4. The van der Waals surface area contributed by atoms with Gasteiger partial charge in [-0.25, -0.2) is 0 Å². The number of hydrogen-bond acceptors (Lipinski definition) is 5. The quantitative estimate of drug-likeness (QED) is 0.480. The standard InChI is InChI=1S/C22H20N4O4/c1-14-8-7-9-15(2)19(14)24-22(28)20(16-10-3-4-12-18(16)26(29)30)25-21(27)17-11-5-6-13-23-17/h3-13,20H,1-2H3,(H,24,28)(H,25,27)/t20-/m0/s1. The molecule has 0 spiro atoms. The van der Waals surface area contributed by atoms with Gasteiger partial charge in [-0.05, 0) is 43.2 Å². The number of aryl methyl sites for hydroxylation is 2. The number of anilines is 1. The highest BCUT2D eigenvalue weighted by atomic mass is 16.6. The van der Waals surface area contributed by atoms with E-state index >= 15 is 0 Å². The van der Waals surface area contributed by atoms with E-state index in [4.69, 9.17) is 0 Å². The van der Waals surface area contributed by atoms with Gasteiger partial charge in [0.05, 0.1) is 10.5 Å². The molecule has 3 aromatic rings. The second-order valence-electron chi connectivity index (χ2n) is 6.69. The minimum atomic E-state index is -1.29. The zero-order chi connectivity index (χ0) is 21.7. The number of nitrogens with zero attached hydrogens (tertiary/aromatic N) is 2. The van der Waals surface area contributed by atoms with Crippen LogP contribution in [-0.2, 0) is 4.79 Å². The second-order valence-corrected chi connectivity index (χ2v) is 6.69. The van der Waals surface area contributed by atoms with E-state index in [1.807, 2.05) is 32.0 Å². The summed E-state index contributed by atoms with van der Waals surface area (Å²) in [6.45, 7) is 3.68. The smallest absolute Gasteiger partial charge is 0.275 e. The number of para-hydroxylation sites is 2. The molecule has 1 atom stereocenters. The van der Waals surface area contributed by atoms with Gasteiger partial charge >= 0.3 is 0 Å². The van der Waals surface area contributed by atoms with E-state index in [1.54, 1.807) is 18.2 Å². The fourth-order valence-corrected chi connectivity index (χ4v) is 3.09. The largest absolute Gasteiger partial charge is 0.335 e. The number of carbonyl (C=O) groups is 2. The lowest BCUT2D eigenvalue weighted by Crippen LogP contribution is -2.38. The molecule has 1 aromatic heterocycles. The summed E-state index contributed by atoms with van der Waals surface area (Å²) in [5.41, 5.74) is 2.18. The number of amides is 2. The molecular formula is C22H20N4O4. The van der Waals surface area contributed by atoms with Gasteiger partial charge in [-0.2, -0.15) is 0 Å². The summed E-state index contributed by atoms with van der Waals surface area (Å²) in [6, 6.07) is 14.9. The van der Waals surface area contributed by atoms with Crippen LogP contribution >= 0.6 is 0 Å². The Morgan fingerprint density at radius 3 is 2.27 bits per heavy atom. The maximum absolute atomic E-state index is 13.2. The van der Waals surface area contributed by atoms with Gasteiger partial charge in [0, 0.05) is 18.0 Å². The van der Waals surface area contributed by atoms with Gasteiger partial charge in [0.1, 0.15) is 11.7 Å². The summed E-state index contributed by atoms with van der Waals surface area (Å²) in [5.74, 6) is -1.21. The van der Waals surface area contributed by atoms with Gasteiger partial charge < -0.3 is 10.6 Å². The van der Waals surface area contributed by atoms with Crippen molar-refractivity contribution in [2.45, 2.75) is 19.9 Å². The number of nitro groups is 1. The van der Waals surface area contributed by atoms with E-state index < -0.39 is 22.8 Å². The minimum Gasteiger partial charge on any atom is -0.335 e. The Kier molecular flexibility index (Phi) is 6.17. The Morgan fingerprint density at radius 1 is 0.967 bits per heavy atom. The Morgan fingerprint density at radius 2 is 1.63 bits per heavy atom. The van der Waals surface area contributed by atoms with Crippen LogP contribution in [0.3, 0.4) is 0 Å². The number of pyridine rings is 1. The third-order valence-electron chi connectivity index (χ3n) is 4.61. The maximum Gasteiger partial charge on any atom is 0.275 e. The molecule has 2 N–H and O–H groups in total. The first-order valence-corrected chi connectivity index (χ1v) is 9.20. The van der Waals surface area contributed by atoms with Crippen LogP contribution in [0, 0.1) is 24.0 Å². The molecule has 0 saturated heterocycles. The molecule has 2 aromatic carbocycles. The molecule has 0 aliphatic rings. The normalized spacial score (nSPS) is 11.4.